The lowest BCUT2D eigenvalue weighted by Gasteiger charge is -2.55. The van der Waals surface area contributed by atoms with Gasteiger partial charge in [-0.25, -0.2) is 4.99 Å². The Morgan fingerprint density at radius 3 is 2.17 bits per heavy atom. The van der Waals surface area contributed by atoms with Crippen molar-refractivity contribution in [2.24, 2.45) is 28.5 Å². The molecular weight excluding hydrogens is 226 g/mol. The number of aliphatic hydroxyl groups excluding tert-OH is 1. The Labute approximate surface area is 109 Å². The molecule has 4 heteroatoms. The first kappa shape index (κ1) is 12.3. The van der Waals surface area contributed by atoms with E-state index in [1.807, 2.05) is 11.9 Å². The van der Waals surface area contributed by atoms with Crippen LogP contribution in [0.25, 0.3) is 0 Å². The zero-order valence-corrected chi connectivity index (χ0v) is 11.3. The van der Waals surface area contributed by atoms with E-state index in [1.54, 1.807) is 0 Å². The number of hydrogen-bond donors (Lipinski definition) is 2. The van der Waals surface area contributed by atoms with Crippen molar-refractivity contribution in [3.05, 3.63) is 0 Å². The van der Waals surface area contributed by atoms with Crippen molar-refractivity contribution in [2.75, 3.05) is 20.2 Å². The van der Waals surface area contributed by atoms with E-state index in [-0.39, 0.29) is 12.1 Å². The summed E-state index contributed by atoms with van der Waals surface area (Å²) in [7, 11) is 1.91. The maximum absolute atomic E-state index is 8.96. The van der Waals surface area contributed by atoms with Gasteiger partial charge in [-0.3, -0.25) is 0 Å². The average molecular weight is 251 g/mol. The lowest BCUT2D eigenvalue weighted by atomic mass is 9.53. The standard InChI is InChI=1S/C14H25N3O/c1-17(2-3-18)13(15)16-14-7-10-4-11(8-14)6-12(5-10)9-14/h10-12,18H,2-9H2,1H3,(H2,15,16). The van der Waals surface area contributed by atoms with Gasteiger partial charge in [-0.1, -0.05) is 0 Å². The summed E-state index contributed by atoms with van der Waals surface area (Å²) in [5.74, 6) is 3.31. The van der Waals surface area contributed by atoms with Gasteiger partial charge in [-0.2, -0.15) is 0 Å². The largest absolute Gasteiger partial charge is 0.395 e. The van der Waals surface area contributed by atoms with Crippen molar-refractivity contribution in [3.8, 4) is 0 Å². The molecule has 4 nitrogen and oxygen atoms in total. The first-order valence-corrected chi connectivity index (χ1v) is 7.27. The van der Waals surface area contributed by atoms with E-state index in [0.29, 0.717) is 12.5 Å². The van der Waals surface area contributed by atoms with Crippen molar-refractivity contribution < 1.29 is 5.11 Å². The molecule has 0 unspecified atom stereocenters. The van der Waals surface area contributed by atoms with Gasteiger partial charge in [0, 0.05) is 13.6 Å². The molecule has 4 bridgehead atoms. The Kier molecular flexibility index (Phi) is 3.00. The van der Waals surface area contributed by atoms with Crippen LogP contribution in [-0.4, -0.2) is 41.7 Å². The predicted molar refractivity (Wildman–Crippen MR) is 72.2 cm³/mol. The topological polar surface area (TPSA) is 61.8 Å². The highest BCUT2D eigenvalue weighted by molar-refractivity contribution is 5.78. The SMILES string of the molecule is CN(CCO)C(N)=NC12CC3CC(CC(C3)C1)C2. The van der Waals surface area contributed by atoms with Crippen LogP contribution in [0.15, 0.2) is 4.99 Å². The first-order chi connectivity index (χ1) is 8.60. The summed E-state index contributed by atoms with van der Waals surface area (Å²) < 4.78 is 0. The van der Waals surface area contributed by atoms with E-state index in [4.69, 9.17) is 15.8 Å². The molecule has 4 aliphatic carbocycles. The Hall–Kier alpha value is -0.770. The van der Waals surface area contributed by atoms with E-state index in [1.165, 1.54) is 38.5 Å². The summed E-state index contributed by atoms with van der Waals surface area (Å²) in [6, 6.07) is 0. The third-order valence-corrected chi connectivity index (χ3v) is 5.18. The molecule has 4 aliphatic rings. The maximum atomic E-state index is 8.96. The van der Waals surface area contributed by atoms with Crippen LogP contribution in [0.1, 0.15) is 38.5 Å². The van der Waals surface area contributed by atoms with Crippen LogP contribution in [0.3, 0.4) is 0 Å². The van der Waals surface area contributed by atoms with Gasteiger partial charge in [0.05, 0.1) is 12.1 Å². The molecule has 0 aromatic heterocycles. The second-order valence-corrected chi connectivity index (χ2v) is 6.76. The van der Waals surface area contributed by atoms with Crippen LogP contribution >= 0.6 is 0 Å². The molecule has 102 valence electrons. The van der Waals surface area contributed by atoms with Crippen LogP contribution in [-0.2, 0) is 0 Å². The lowest BCUT2D eigenvalue weighted by Crippen LogP contribution is -2.51. The van der Waals surface area contributed by atoms with Crippen molar-refractivity contribution in [1.29, 1.82) is 0 Å². The molecule has 0 spiro atoms. The van der Waals surface area contributed by atoms with Crippen LogP contribution < -0.4 is 5.73 Å². The molecule has 0 aliphatic heterocycles. The minimum atomic E-state index is 0.133. The second kappa shape index (κ2) is 4.41. The maximum Gasteiger partial charge on any atom is 0.191 e. The number of hydrogen-bond acceptors (Lipinski definition) is 2. The van der Waals surface area contributed by atoms with Crippen molar-refractivity contribution in [3.63, 3.8) is 0 Å². The fourth-order valence-electron chi connectivity index (χ4n) is 4.79. The third kappa shape index (κ3) is 2.11. The quantitative estimate of drug-likeness (QED) is 0.585. The van der Waals surface area contributed by atoms with Gasteiger partial charge in [0.1, 0.15) is 0 Å². The molecule has 3 N–H and O–H groups in total. The van der Waals surface area contributed by atoms with Gasteiger partial charge in [-0.05, 0) is 56.3 Å². The van der Waals surface area contributed by atoms with Gasteiger partial charge < -0.3 is 15.7 Å². The van der Waals surface area contributed by atoms with Crippen molar-refractivity contribution in [1.82, 2.24) is 4.90 Å². The molecule has 0 amide bonds. The monoisotopic (exact) mass is 251 g/mol. The van der Waals surface area contributed by atoms with E-state index < -0.39 is 0 Å². The van der Waals surface area contributed by atoms with Crippen LogP contribution in [0.5, 0.6) is 0 Å². The highest BCUT2D eigenvalue weighted by Gasteiger charge is 2.51. The highest BCUT2D eigenvalue weighted by atomic mass is 16.3. The minimum absolute atomic E-state index is 0.133. The molecule has 18 heavy (non-hydrogen) atoms. The lowest BCUT2D eigenvalue weighted by molar-refractivity contribution is 0.00107. The minimum Gasteiger partial charge on any atom is -0.395 e. The Balaban J connectivity index is 1.77. The molecule has 0 heterocycles. The zero-order chi connectivity index (χ0) is 12.8. The van der Waals surface area contributed by atoms with Crippen LogP contribution in [0.2, 0.25) is 0 Å². The van der Waals surface area contributed by atoms with Crippen molar-refractivity contribution in [2.45, 2.75) is 44.1 Å². The van der Waals surface area contributed by atoms with Gasteiger partial charge >= 0.3 is 0 Å². The molecule has 0 aromatic rings. The zero-order valence-electron chi connectivity index (χ0n) is 11.3. The summed E-state index contributed by atoms with van der Waals surface area (Å²) in [6.07, 6.45) is 8.02. The normalized spacial score (nSPS) is 42.3. The van der Waals surface area contributed by atoms with Gasteiger partial charge in [0.15, 0.2) is 5.96 Å². The predicted octanol–water partition coefficient (Wildman–Crippen LogP) is 1.19. The van der Waals surface area contributed by atoms with Gasteiger partial charge in [-0.15, -0.1) is 0 Å². The van der Waals surface area contributed by atoms with E-state index in [2.05, 4.69) is 0 Å². The fraction of sp³-hybridized carbons (Fsp3) is 0.929. The molecule has 0 aromatic carbocycles. The Bertz CT molecular complexity index is 318. The molecule has 4 fully saturated rings. The van der Waals surface area contributed by atoms with Gasteiger partial charge in [0.25, 0.3) is 0 Å². The van der Waals surface area contributed by atoms with Crippen LogP contribution in [0, 0.1) is 17.8 Å². The van der Waals surface area contributed by atoms with Crippen molar-refractivity contribution >= 4 is 5.96 Å². The van der Waals surface area contributed by atoms with E-state index in [9.17, 15) is 0 Å². The number of nitrogens with zero attached hydrogens (tertiary/aromatic N) is 2. The molecular formula is C14H25N3O. The average Bonchev–Trinajstić information content (AvgIpc) is 2.26. The highest BCUT2D eigenvalue weighted by Crippen LogP contribution is 2.57. The van der Waals surface area contributed by atoms with Gasteiger partial charge in [0.2, 0.25) is 0 Å². The van der Waals surface area contributed by atoms with Crippen LogP contribution in [0.4, 0.5) is 0 Å². The molecule has 4 saturated carbocycles. The number of rotatable bonds is 3. The molecule has 0 radical (unpaired) electrons. The Morgan fingerprint density at radius 1 is 1.22 bits per heavy atom. The number of nitrogens with two attached hydrogens (primary N) is 1. The Morgan fingerprint density at radius 2 is 1.72 bits per heavy atom. The summed E-state index contributed by atoms with van der Waals surface area (Å²) in [5.41, 5.74) is 6.23. The molecule has 0 atom stereocenters. The van der Waals surface area contributed by atoms with E-state index in [0.717, 1.165) is 17.8 Å². The number of likely N-dealkylation sites (N-methyl/N-ethyl adjacent to an activating group) is 1. The number of guanidine groups is 1. The summed E-state index contributed by atoms with van der Waals surface area (Å²) in [5, 5.41) is 8.96. The summed E-state index contributed by atoms with van der Waals surface area (Å²) in [4.78, 5) is 6.77. The van der Waals surface area contributed by atoms with E-state index >= 15 is 0 Å². The molecule has 4 rings (SSSR count). The number of aliphatic hydroxyl groups is 1. The summed E-state index contributed by atoms with van der Waals surface area (Å²) >= 11 is 0. The fourth-order valence-corrected chi connectivity index (χ4v) is 4.79. The first-order valence-electron chi connectivity index (χ1n) is 7.27. The number of aliphatic imine (C=N–C) groups is 1. The smallest absolute Gasteiger partial charge is 0.191 e. The second-order valence-electron chi connectivity index (χ2n) is 6.76. The molecule has 0 saturated heterocycles. The summed E-state index contributed by atoms with van der Waals surface area (Å²) in [6.45, 7) is 0.704. The third-order valence-electron chi connectivity index (χ3n) is 5.18.